The van der Waals surface area contributed by atoms with Gasteiger partial charge in [-0.15, -0.1) is 0 Å². The van der Waals surface area contributed by atoms with Crippen molar-refractivity contribution in [1.82, 2.24) is 4.90 Å². The van der Waals surface area contributed by atoms with Gasteiger partial charge in [0.05, 0.1) is 22.0 Å². The molecule has 3 aromatic carbocycles. The number of amides is 4. The lowest BCUT2D eigenvalue weighted by molar-refractivity contribution is 0.102. The van der Waals surface area contributed by atoms with Crippen LogP contribution in [0.15, 0.2) is 66.7 Å². The second kappa shape index (κ2) is 14.0. The smallest absolute Gasteiger partial charge is 0.411 e. The molecule has 0 bridgehead atoms. The molecule has 0 aliphatic carbocycles. The first-order valence-corrected chi connectivity index (χ1v) is 13.5. The molecule has 0 radical (unpaired) electrons. The molecule has 0 unspecified atom stereocenters. The van der Waals surface area contributed by atoms with Crippen LogP contribution in [-0.2, 0) is 4.74 Å². The maximum absolute atomic E-state index is 13.8. The van der Waals surface area contributed by atoms with Gasteiger partial charge in [-0.2, -0.15) is 0 Å². The summed E-state index contributed by atoms with van der Waals surface area (Å²) >= 11 is 10.6. The van der Waals surface area contributed by atoms with Gasteiger partial charge in [0.2, 0.25) is 0 Å². The maximum Gasteiger partial charge on any atom is 0.411 e. The Kier molecular flexibility index (Phi) is 10.2. The van der Waals surface area contributed by atoms with E-state index in [1.54, 1.807) is 42.5 Å². The number of anilines is 4. The van der Waals surface area contributed by atoms with E-state index in [-0.39, 0.29) is 17.2 Å². The number of piperidine rings is 1. The zero-order valence-electron chi connectivity index (χ0n) is 21.5. The number of hydrogen-bond acceptors (Lipinski definition) is 6. The fourth-order valence-electron chi connectivity index (χ4n) is 4.11. The predicted molar refractivity (Wildman–Crippen MR) is 158 cm³/mol. The molecule has 12 heteroatoms. The van der Waals surface area contributed by atoms with Crippen LogP contribution in [0.2, 0.25) is 5.02 Å². The number of halogens is 2. The van der Waals surface area contributed by atoms with Crippen molar-refractivity contribution in [3.8, 4) is 0 Å². The lowest BCUT2D eigenvalue weighted by Gasteiger charge is -2.25. The Balaban J connectivity index is 1.26. The van der Waals surface area contributed by atoms with E-state index in [0.29, 0.717) is 29.3 Å². The highest BCUT2D eigenvalue weighted by atomic mass is 35.5. The minimum absolute atomic E-state index is 0.0739. The van der Waals surface area contributed by atoms with Gasteiger partial charge < -0.3 is 15.4 Å². The third-order valence-electron chi connectivity index (χ3n) is 6.23. The molecule has 1 aliphatic rings. The number of nitrogens with zero attached hydrogens (tertiary/aromatic N) is 2. The number of rotatable bonds is 8. The summed E-state index contributed by atoms with van der Waals surface area (Å²) in [6, 6.07) is 16.0. The molecule has 4 amide bonds. The zero-order valence-corrected chi connectivity index (χ0v) is 23.2. The maximum atomic E-state index is 13.8. The summed E-state index contributed by atoms with van der Waals surface area (Å²) in [4.78, 5) is 39.4. The van der Waals surface area contributed by atoms with E-state index in [1.807, 2.05) is 0 Å². The molecule has 0 saturated carbocycles. The Bertz CT molecular complexity index is 1350. The second-order valence-corrected chi connectivity index (χ2v) is 9.89. The summed E-state index contributed by atoms with van der Waals surface area (Å²) in [6.45, 7) is 3.01. The van der Waals surface area contributed by atoms with Crippen LogP contribution in [0.4, 0.5) is 36.7 Å². The van der Waals surface area contributed by atoms with Gasteiger partial charge in [-0.05, 0) is 80.5 Å². The van der Waals surface area contributed by atoms with E-state index >= 15 is 0 Å². The molecular weight excluding hydrogens is 557 g/mol. The number of thiol groups is 1. The molecule has 4 rings (SSSR count). The van der Waals surface area contributed by atoms with E-state index in [9.17, 15) is 18.8 Å². The first-order valence-electron chi connectivity index (χ1n) is 12.7. The summed E-state index contributed by atoms with van der Waals surface area (Å²) in [5.41, 5.74) is 1.49. The van der Waals surface area contributed by atoms with Crippen LogP contribution in [0.3, 0.4) is 0 Å². The van der Waals surface area contributed by atoms with Crippen LogP contribution in [-0.4, -0.2) is 49.2 Å². The van der Waals surface area contributed by atoms with E-state index < -0.39 is 23.8 Å². The van der Waals surface area contributed by atoms with Gasteiger partial charge in [-0.1, -0.05) is 43.0 Å². The van der Waals surface area contributed by atoms with Crippen molar-refractivity contribution in [2.24, 2.45) is 0 Å². The van der Waals surface area contributed by atoms with Gasteiger partial charge >= 0.3 is 12.1 Å². The molecular formula is C28H29ClFN5O4S. The monoisotopic (exact) mass is 585 g/mol. The molecule has 3 aromatic rings. The van der Waals surface area contributed by atoms with Crippen molar-refractivity contribution >= 4 is 65.2 Å². The molecule has 0 aromatic heterocycles. The number of likely N-dealkylation sites (tertiary alicyclic amines) is 1. The molecule has 9 nitrogen and oxygen atoms in total. The predicted octanol–water partition coefficient (Wildman–Crippen LogP) is 6.65. The van der Waals surface area contributed by atoms with Gasteiger partial charge in [0.15, 0.2) is 0 Å². The summed E-state index contributed by atoms with van der Waals surface area (Å²) < 4.78 is 20.1. The third kappa shape index (κ3) is 8.10. The fourth-order valence-corrected chi connectivity index (χ4v) is 4.50. The number of carbonyl (C=O) groups is 3. The van der Waals surface area contributed by atoms with Gasteiger partial charge in [-0.3, -0.25) is 15.0 Å². The standard InChI is InChI=1S/C28H29ClFN5O4S/c29-23-18-21(12-13-25(23)33-28(38)39-17-16-34-14-4-1-5-15-34)35(40)27(37)32-20-10-8-19(9-11-20)31-26(36)22-6-2-3-7-24(22)30/h2-3,6-13,18,40H,1,4-5,14-17H2,(H,31,36)(H,32,37)(H,33,38). The van der Waals surface area contributed by atoms with Gasteiger partial charge in [-0.25, -0.2) is 18.3 Å². The Labute approximate surface area is 242 Å². The van der Waals surface area contributed by atoms with Crippen LogP contribution < -0.4 is 20.3 Å². The number of nitrogens with one attached hydrogen (secondary N) is 3. The average Bonchev–Trinajstić information content (AvgIpc) is 2.95. The first kappa shape index (κ1) is 29.2. The van der Waals surface area contributed by atoms with Crippen molar-refractivity contribution in [3.05, 3.63) is 83.1 Å². The van der Waals surface area contributed by atoms with Crippen LogP contribution in [0.1, 0.15) is 29.6 Å². The van der Waals surface area contributed by atoms with Crippen LogP contribution in [0.25, 0.3) is 0 Å². The van der Waals surface area contributed by atoms with E-state index in [2.05, 4.69) is 33.7 Å². The van der Waals surface area contributed by atoms with Crippen LogP contribution in [0, 0.1) is 5.82 Å². The number of carbonyl (C=O) groups excluding carboxylic acids is 3. The molecule has 1 fully saturated rings. The number of benzene rings is 3. The highest BCUT2D eigenvalue weighted by Crippen LogP contribution is 2.29. The van der Waals surface area contributed by atoms with Crippen molar-refractivity contribution in [3.63, 3.8) is 0 Å². The number of ether oxygens (including phenoxy) is 1. The van der Waals surface area contributed by atoms with E-state index in [4.69, 9.17) is 16.3 Å². The quantitative estimate of drug-likeness (QED) is 0.222. The fraction of sp³-hybridized carbons (Fsp3) is 0.250. The minimum atomic E-state index is -0.621. The van der Waals surface area contributed by atoms with Crippen molar-refractivity contribution < 1.29 is 23.5 Å². The molecule has 40 heavy (non-hydrogen) atoms. The molecule has 3 N–H and O–H groups in total. The molecule has 0 atom stereocenters. The second-order valence-electron chi connectivity index (χ2n) is 9.08. The minimum Gasteiger partial charge on any atom is -0.448 e. The third-order valence-corrected chi connectivity index (χ3v) is 6.95. The normalized spacial score (nSPS) is 13.3. The summed E-state index contributed by atoms with van der Waals surface area (Å²) in [5, 5.41) is 8.10. The molecule has 0 spiro atoms. The van der Waals surface area contributed by atoms with Gasteiger partial charge in [0, 0.05) is 17.9 Å². The van der Waals surface area contributed by atoms with Crippen molar-refractivity contribution in [2.75, 3.05) is 46.5 Å². The lowest BCUT2D eigenvalue weighted by Crippen LogP contribution is -2.33. The zero-order chi connectivity index (χ0) is 28.5. The number of hydrogen-bond donors (Lipinski definition) is 4. The summed E-state index contributed by atoms with van der Waals surface area (Å²) in [5.74, 6) is -1.21. The molecule has 1 heterocycles. The number of urea groups is 1. The topological polar surface area (TPSA) is 103 Å². The van der Waals surface area contributed by atoms with E-state index in [1.165, 1.54) is 43.5 Å². The first-order chi connectivity index (χ1) is 19.3. The summed E-state index contributed by atoms with van der Waals surface area (Å²) in [7, 11) is 0. The van der Waals surface area contributed by atoms with Gasteiger partial charge in [0.25, 0.3) is 5.91 Å². The Hall–Kier alpha value is -3.80. The van der Waals surface area contributed by atoms with Crippen LogP contribution in [0.5, 0.6) is 0 Å². The Morgan fingerprint density at radius 3 is 2.27 bits per heavy atom. The Morgan fingerprint density at radius 2 is 1.60 bits per heavy atom. The Morgan fingerprint density at radius 1 is 0.925 bits per heavy atom. The highest BCUT2D eigenvalue weighted by Gasteiger charge is 2.16. The highest BCUT2D eigenvalue weighted by molar-refractivity contribution is 7.82. The SMILES string of the molecule is O=C(Nc1ccc(N(S)C(=O)Nc2ccc(NC(=O)c3ccccc3F)cc2)cc1Cl)OCCN1CCCCC1. The van der Waals surface area contributed by atoms with E-state index in [0.717, 1.165) is 17.4 Å². The molecule has 210 valence electrons. The summed E-state index contributed by atoms with van der Waals surface area (Å²) in [6.07, 6.45) is 2.96. The molecule has 1 aliphatic heterocycles. The van der Waals surface area contributed by atoms with Crippen LogP contribution >= 0.6 is 24.4 Å². The van der Waals surface area contributed by atoms with Crippen molar-refractivity contribution in [1.29, 1.82) is 0 Å². The largest absolute Gasteiger partial charge is 0.448 e. The van der Waals surface area contributed by atoms with Crippen molar-refractivity contribution in [2.45, 2.75) is 19.3 Å². The molecule has 1 saturated heterocycles. The average molecular weight is 586 g/mol. The lowest BCUT2D eigenvalue weighted by atomic mass is 10.1. The van der Waals surface area contributed by atoms with Gasteiger partial charge in [0.1, 0.15) is 12.4 Å².